The Bertz CT molecular complexity index is 930. The van der Waals surface area contributed by atoms with E-state index in [9.17, 15) is 13.2 Å². The molecule has 3 fully saturated rings. The Morgan fingerprint density at radius 2 is 1.58 bits per heavy atom. The normalized spacial score (nSPS) is 24.7. The Balaban J connectivity index is 1.20. The summed E-state index contributed by atoms with van der Waals surface area (Å²) >= 11 is 0. The van der Waals surface area contributed by atoms with Gasteiger partial charge in [-0.3, -0.25) is 0 Å². The van der Waals surface area contributed by atoms with Gasteiger partial charge in [-0.05, 0) is 84.3 Å². The molecule has 2 aliphatic carbocycles. The van der Waals surface area contributed by atoms with Gasteiger partial charge in [-0.1, -0.05) is 0 Å². The highest BCUT2D eigenvalue weighted by molar-refractivity contribution is 7.92. The number of aryl methyl sites for hydroxylation is 1. The first kappa shape index (κ1) is 24.3. The Morgan fingerprint density at radius 3 is 2.15 bits per heavy atom. The van der Waals surface area contributed by atoms with Gasteiger partial charge in [0.15, 0.2) is 14.9 Å². The molecule has 1 saturated heterocycles. The van der Waals surface area contributed by atoms with Crippen molar-refractivity contribution in [2.24, 2.45) is 0 Å². The van der Waals surface area contributed by atoms with Crippen molar-refractivity contribution in [3.63, 3.8) is 0 Å². The van der Waals surface area contributed by atoms with Crippen molar-refractivity contribution in [2.45, 2.75) is 107 Å². The monoisotopic (exact) mass is 480 g/mol. The van der Waals surface area contributed by atoms with Gasteiger partial charge in [-0.2, -0.15) is 0 Å². The van der Waals surface area contributed by atoms with Gasteiger partial charge < -0.3 is 19.1 Å². The molecule has 2 saturated carbocycles. The number of aromatic nitrogens is 1. The SMILES string of the molecule is Cc1nc(S(=O)(=O)C2CC2)ccc1O[C@H]1CC[C@H](OC2CCN(C(=O)OC(C)C)CC2)CC1. The zero-order valence-electron chi connectivity index (χ0n) is 19.9. The third-order valence-electron chi connectivity index (χ3n) is 6.60. The van der Waals surface area contributed by atoms with Crippen LogP contribution in [-0.2, 0) is 19.3 Å². The zero-order chi connectivity index (χ0) is 23.6. The molecular formula is C24H36N2O6S. The third kappa shape index (κ3) is 6.18. The maximum Gasteiger partial charge on any atom is 0.410 e. The lowest BCUT2D eigenvalue weighted by molar-refractivity contribution is -0.0657. The minimum absolute atomic E-state index is 0.0869. The second-order valence-corrected chi connectivity index (χ2v) is 11.9. The van der Waals surface area contributed by atoms with Gasteiger partial charge >= 0.3 is 6.09 Å². The van der Waals surface area contributed by atoms with Crippen LogP contribution < -0.4 is 4.74 Å². The number of sulfone groups is 1. The molecule has 1 aliphatic heterocycles. The molecule has 0 N–H and O–H groups in total. The van der Waals surface area contributed by atoms with Crippen molar-refractivity contribution in [3.8, 4) is 5.75 Å². The van der Waals surface area contributed by atoms with E-state index >= 15 is 0 Å². The summed E-state index contributed by atoms with van der Waals surface area (Å²) in [4.78, 5) is 18.1. The predicted octanol–water partition coefficient (Wildman–Crippen LogP) is 4.04. The molecule has 0 radical (unpaired) electrons. The summed E-state index contributed by atoms with van der Waals surface area (Å²) in [6.45, 7) is 6.88. The third-order valence-corrected chi connectivity index (χ3v) is 8.76. The van der Waals surface area contributed by atoms with Crippen LogP contribution in [0, 0.1) is 6.92 Å². The average Bonchev–Trinajstić information content (AvgIpc) is 3.62. The molecule has 9 heteroatoms. The maximum absolute atomic E-state index is 12.4. The largest absolute Gasteiger partial charge is 0.489 e. The Morgan fingerprint density at radius 1 is 0.970 bits per heavy atom. The quantitative estimate of drug-likeness (QED) is 0.581. The molecule has 1 amide bonds. The van der Waals surface area contributed by atoms with Crippen LogP contribution in [0.5, 0.6) is 5.75 Å². The minimum atomic E-state index is -3.29. The lowest BCUT2D eigenvalue weighted by Gasteiger charge is -2.36. The molecule has 0 spiro atoms. The molecule has 0 unspecified atom stereocenters. The molecule has 33 heavy (non-hydrogen) atoms. The van der Waals surface area contributed by atoms with Crippen LogP contribution >= 0.6 is 0 Å². The smallest absolute Gasteiger partial charge is 0.410 e. The standard InChI is InChI=1S/C24H36N2O6S/c1-16(2)30-24(27)26-14-12-20(13-15-26)31-18-4-6-19(7-5-18)32-22-10-11-23(25-17(22)3)33(28,29)21-8-9-21/h10-11,16,18-21H,4-9,12-15H2,1-3H3/t18-,19-. The van der Waals surface area contributed by atoms with Crippen molar-refractivity contribution in [1.82, 2.24) is 9.88 Å². The number of carbonyl (C=O) groups is 1. The van der Waals surface area contributed by atoms with E-state index in [1.807, 2.05) is 13.8 Å². The van der Waals surface area contributed by atoms with E-state index in [-0.39, 0.29) is 40.8 Å². The summed E-state index contributed by atoms with van der Waals surface area (Å²) < 4.78 is 42.6. The fourth-order valence-corrected chi connectivity index (χ4v) is 6.17. The number of nitrogens with zero attached hydrogens (tertiary/aromatic N) is 2. The molecule has 3 aliphatic rings. The van der Waals surface area contributed by atoms with Crippen molar-refractivity contribution >= 4 is 15.9 Å². The summed E-state index contributed by atoms with van der Waals surface area (Å²) in [6.07, 6.45) is 6.95. The van der Waals surface area contributed by atoms with E-state index in [1.165, 1.54) is 0 Å². The second kappa shape index (κ2) is 10.2. The Kier molecular flexibility index (Phi) is 7.48. The van der Waals surface area contributed by atoms with E-state index in [2.05, 4.69) is 4.98 Å². The number of carbonyl (C=O) groups excluding carboxylic acids is 1. The van der Waals surface area contributed by atoms with Gasteiger partial charge in [0.2, 0.25) is 0 Å². The molecule has 0 bridgehead atoms. The van der Waals surface area contributed by atoms with Gasteiger partial charge in [0, 0.05) is 13.1 Å². The summed E-state index contributed by atoms with van der Waals surface area (Å²) in [5, 5.41) is -0.0944. The average molecular weight is 481 g/mol. The Labute approximate surface area is 196 Å². The van der Waals surface area contributed by atoms with Gasteiger partial charge in [0.1, 0.15) is 5.75 Å². The van der Waals surface area contributed by atoms with Crippen LogP contribution in [0.4, 0.5) is 4.79 Å². The van der Waals surface area contributed by atoms with Crippen LogP contribution in [0.15, 0.2) is 17.2 Å². The minimum Gasteiger partial charge on any atom is -0.489 e. The number of rotatable bonds is 7. The maximum atomic E-state index is 12.4. The highest BCUT2D eigenvalue weighted by Gasteiger charge is 2.38. The van der Waals surface area contributed by atoms with E-state index in [0.717, 1.165) is 51.4 Å². The molecule has 4 rings (SSSR count). The molecule has 184 valence electrons. The van der Waals surface area contributed by atoms with Gasteiger partial charge in [0.25, 0.3) is 0 Å². The van der Waals surface area contributed by atoms with Crippen molar-refractivity contribution in [1.29, 1.82) is 0 Å². The summed E-state index contributed by atoms with van der Waals surface area (Å²) in [5.74, 6) is 0.662. The van der Waals surface area contributed by atoms with Gasteiger partial charge in [0.05, 0.1) is 35.4 Å². The molecule has 1 aromatic rings. The first-order valence-corrected chi connectivity index (χ1v) is 13.8. The van der Waals surface area contributed by atoms with Crippen molar-refractivity contribution < 1.29 is 27.4 Å². The van der Waals surface area contributed by atoms with Gasteiger partial charge in [-0.25, -0.2) is 18.2 Å². The topological polar surface area (TPSA) is 95.0 Å². The lowest BCUT2D eigenvalue weighted by atomic mass is 9.94. The predicted molar refractivity (Wildman–Crippen MR) is 123 cm³/mol. The molecule has 8 nitrogen and oxygen atoms in total. The first-order chi connectivity index (χ1) is 15.7. The zero-order valence-corrected chi connectivity index (χ0v) is 20.7. The van der Waals surface area contributed by atoms with Crippen LogP contribution in [0.1, 0.15) is 70.9 Å². The van der Waals surface area contributed by atoms with E-state index < -0.39 is 9.84 Å². The number of pyridine rings is 1. The number of piperidine rings is 1. The highest BCUT2D eigenvalue weighted by Crippen LogP contribution is 2.34. The summed E-state index contributed by atoms with van der Waals surface area (Å²) in [6, 6.07) is 3.33. The van der Waals surface area contributed by atoms with Crippen LogP contribution in [0.25, 0.3) is 0 Å². The fourth-order valence-electron chi connectivity index (χ4n) is 4.55. The van der Waals surface area contributed by atoms with Crippen LogP contribution in [0.2, 0.25) is 0 Å². The number of amides is 1. The fraction of sp³-hybridized carbons (Fsp3) is 0.750. The molecular weight excluding hydrogens is 444 g/mol. The summed E-state index contributed by atoms with van der Waals surface area (Å²) in [7, 11) is -3.29. The lowest BCUT2D eigenvalue weighted by Crippen LogP contribution is -2.43. The number of likely N-dealkylation sites (tertiary alicyclic amines) is 1. The van der Waals surface area contributed by atoms with Crippen molar-refractivity contribution in [2.75, 3.05) is 13.1 Å². The van der Waals surface area contributed by atoms with Crippen LogP contribution in [0.3, 0.4) is 0 Å². The second-order valence-electron chi connectivity index (χ2n) is 9.75. The summed E-state index contributed by atoms with van der Waals surface area (Å²) in [5.41, 5.74) is 0.623. The molecule has 2 heterocycles. The highest BCUT2D eigenvalue weighted by atomic mass is 32.2. The Hall–Kier alpha value is -1.87. The molecule has 1 aromatic heterocycles. The number of hydrogen-bond donors (Lipinski definition) is 0. The van der Waals surface area contributed by atoms with E-state index in [4.69, 9.17) is 14.2 Å². The molecule has 0 atom stereocenters. The number of ether oxygens (including phenoxy) is 3. The van der Waals surface area contributed by atoms with E-state index in [0.29, 0.717) is 24.5 Å². The number of hydrogen-bond acceptors (Lipinski definition) is 7. The van der Waals surface area contributed by atoms with Gasteiger partial charge in [-0.15, -0.1) is 0 Å². The van der Waals surface area contributed by atoms with Crippen LogP contribution in [-0.4, -0.2) is 67.2 Å². The first-order valence-electron chi connectivity index (χ1n) is 12.2. The van der Waals surface area contributed by atoms with E-state index in [1.54, 1.807) is 24.0 Å². The molecule has 0 aromatic carbocycles. The van der Waals surface area contributed by atoms with Crippen molar-refractivity contribution in [3.05, 3.63) is 17.8 Å².